The first-order valence-corrected chi connectivity index (χ1v) is 8.62. The number of amides is 2. The molecule has 1 saturated heterocycles. The summed E-state index contributed by atoms with van der Waals surface area (Å²) in [6, 6.07) is 5.77. The summed E-state index contributed by atoms with van der Waals surface area (Å²) in [4.78, 5) is 39.2. The Kier molecular flexibility index (Phi) is 6.17. The molecule has 1 aromatic rings. The van der Waals surface area contributed by atoms with E-state index in [1.165, 1.54) is 4.90 Å². The van der Waals surface area contributed by atoms with Crippen LogP contribution in [-0.2, 0) is 9.59 Å². The number of hydrogen-bond donors (Lipinski definition) is 1. The Hall–Kier alpha value is -2.37. The average Bonchev–Trinajstić information content (AvgIpc) is 2.57. The summed E-state index contributed by atoms with van der Waals surface area (Å²) >= 11 is 0. The van der Waals surface area contributed by atoms with Crippen molar-refractivity contribution >= 4 is 17.8 Å². The maximum Gasteiger partial charge on any atom is 0.305 e. The molecule has 1 N–H and O–H groups in total. The zero-order valence-electron chi connectivity index (χ0n) is 15.1. The molecule has 0 radical (unpaired) electrons. The Morgan fingerprint density at radius 2 is 1.84 bits per heavy atom. The maximum absolute atomic E-state index is 12.8. The largest absolute Gasteiger partial charge is 0.481 e. The molecule has 1 heterocycles. The summed E-state index contributed by atoms with van der Waals surface area (Å²) in [5.74, 6) is -1.31. The summed E-state index contributed by atoms with van der Waals surface area (Å²) in [5.41, 5.74) is 2.74. The lowest BCUT2D eigenvalue weighted by Crippen LogP contribution is -2.46. The van der Waals surface area contributed by atoms with Gasteiger partial charge < -0.3 is 14.9 Å². The molecular formula is C19H26N2O4. The summed E-state index contributed by atoms with van der Waals surface area (Å²) in [7, 11) is 1.62. The highest BCUT2D eigenvalue weighted by Gasteiger charge is 2.30. The van der Waals surface area contributed by atoms with Crippen LogP contribution in [0.1, 0.15) is 40.7 Å². The molecule has 6 nitrogen and oxygen atoms in total. The van der Waals surface area contributed by atoms with Crippen LogP contribution in [-0.4, -0.2) is 59.4 Å². The molecule has 0 aliphatic carbocycles. The van der Waals surface area contributed by atoms with Crippen LogP contribution >= 0.6 is 0 Å². The molecule has 1 aromatic carbocycles. The van der Waals surface area contributed by atoms with Gasteiger partial charge in [0.15, 0.2) is 0 Å². The molecular weight excluding hydrogens is 320 g/mol. The third-order valence-corrected chi connectivity index (χ3v) is 4.56. The van der Waals surface area contributed by atoms with Crippen molar-refractivity contribution in [3.63, 3.8) is 0 Å². The molecule has 0 saturated carbocycles. The maximum atomic E-state index is 12.8. The lowest BCUT2D eigenvalue weighted by molar-refractivity contribution is -0.139. The van der Waals surface area contributed by atoms with Gasteiger partial charge >= 0.3 is 5.97 Å². The quantitative estimate of drug-likeness (QED) is 0.885. The van der Waals surface area contributed by atoms with Crippen LogP contribution in [0.3, 0.4) is 0 Å². The number of nitrogens with zero attached hydrogens (tertiary/aromatic N) is 2. The van der Waals surface area contributed by atoms with Gasteiger partial charge in [0, 0.05) is 32.2 Å². The second-order valence-corrected chi connectivity index (χ2v) is 6.87. The van der Waals surface area contributed by atoms with Gasteiger partial charge in [0.05, 0.1) is 12.3 Å². The first-order chi connectivity index (χ1) is 11.8. The summed E-state index contributed by atoms with van der Waals surface area (Å²) in [6.07, 6.45) is 1.44. The first kappa shape index (κ1) is 19.0. The fourth-order valence-electron chi connectivity index (χ4n) is 3.33. The van der Waals surface area contributed by atoms with Crippen molar-refractivity contribution in [2.45, 2.75) is 33.1 Å². The summed E-state index contributed by atoms with van der Waals surface area (Å²) in [6.45, 7) is 5.15. The average molecular weight is 346 g/mol. The highest BCUT2D eigenvalue weighted by molar-refractivity contribution is 5.95. The lowest BCUT2D eigenvalue weighted by atomic mass is 9.95. The Balaban J connectivity index is 2.03. The predicted molar refractivity (Wildman–Crippen MR) is 94.4 cm³/mol. The second kappa shape index (κ2) is 8.14. The fraction of sp³-hybridized carbons (Fsp3) is 0.526. The monoisotopic (exact) mass is 346 g/mol. The van der Waals surface area contributed by atoms with E-state index in [0.717, 1.165) is 24.0 Å². The van der Waals surface area contributed by atoms with Crippen LogP contribution in [0, 0.1) is 19.8 Å². The smallest absolute Gasteiger partial charge is 0.305 e. The van der Waals surface area contributed by atoms with E-state index in [2.05, 4.69) is 0 Å². The van der Waals surface area contributed by atoms with Crippen LogP contribution in [0.15, 0.2) is 18.2 Å². The molecule has 1 fully saturated rings. The SMILES string of the molecule is Cc1cc(C)cc(C(=O)N2CCCC(C(=O)N(C)CCC(=O)O)C2)c1. The van der Waals surface area contributed by atoms with Crippen molar-refractivity contribution in [1.82, 2.24) is 9.80 Å². The topological polar surface area (TPSA) is 77.9 Å². The number of likely N-dealkylation sites (tertiary alicyclic amines) is 1. The molecule has 1 unspecified atom stereocenters. The standard InChI is InChI=1S/C19H26N2O4/c1-13-9-14(2)11-16(10-13)19(25)21-7-4-5-15(12-21)18(24)20(3)8-6-17(22)23/h9-11,15H,4-8,12H2,1-3H3,(H,22,23). The van der Waals surface area contributed by atoms with Crippen molar-refractivity contribution in [2.24, 2.45) is 5.92 Å². The molecule has 25 heavy (non-hydrogen) atoms. The van der Waals surface area contributed by atoms with Gasteiger partial charge in [-0.2, -0.15) is 0 Å². The number of aliphatic carboxylic acids is 1. The Bertz CT molecular complexity index is 651. The number of piperidine rings is 1. The Labute approximate surface area is 148 Å². The molecule has 2 rings (SSSR count). The molecule has 0 spiro atoms. The van der Waals surface area contributed by atoms with Gasteiger partial charge in [-0.3, -0.25) is 14.4 Å². The summed E-state index contributed by atoms with van der Waals surface area (Å²) < 4.78 is 0. The highest BCUT2D eigenvalue weighted by atomic mass is 16.4. The highest BCUT2D eigenvalue weighted by Crippen LogP contribution is 2.21. The first-order valence-electron chi connectivity index (χ1n) is 8.62. The minimum atomic E-state index is -0.921. The predicted octanol–water partition coefficient (Wildman–Crippen LogP) is 2.09. The minimum Gasteiger partial charge on any atom is -0.481 e. The molecule has 2 amide bonds. The third-order valence-electron chi connectivity index (χ3n) is 4.56. The molecule has 1 aliphatic rings. The van der Waals surface area contributed by atoms with Gasteiger partial charge in [-0.05, 0) is 38.8 Å². The van der Waals surface area contributed by atoms with E-state index in [4.69, 9.17) is 5.11 Å². The van der Waals surface area contributed by atoms with E-state index in [9.17, 15) is 14.4 Å². The molecule has 1 atom stereocenters. The second-order valence-electron chi connectivity index (χ2n) is 6.87. The van der Waals surface area contributed by atoms with Crippen LogP contribution < -0.4 is 0 Å². The van der Waals surface area contributed by atoms with Crippen molar-refractivity contribution in [3.05, 3.63) is 34.9 Å². The zero-order valence-corrected chi connectivity index (χ0v) is 15.1. The van der Waals surface area contributed by atoms with Crippen molar-refractivity contribution in [2.75, 3.05) is 26.7 Å². The normalized spacial score (nSPS) is 17.2. The van der Waals surface area contributed by atoms with Crippen LogP contribution in [0.4, 0.5) is 0 Å². The van der Waals surface area contributed by atoms with E-state index in [-0.39, 0.29) is 30.7 Å². The zero-order chi connectivity index (χ0) is 18.6. The van der Waals surface area contributed by atoms with Crippen molar-refractivity contribution in [1.29, 1.82) is 0 Å². The van der Waals surface area contributed by atoms with Gasteiger partial charge in [0.25, 0.3) is 5.91 Å². The van der Waals surface area contributed by atoms with Gasteiger partial charge in [0.2, 0.25) is 5.91 Å². The van der Waals surface area contributed by atoms with Gasteiger partial charge in [-0.25, -0.2) is 0 Å². The Morgan fingerprint density at radius 3 is 2.44 bits per heavy atom. The number of benzene rings is 1. The number of carbonyl (C=O) groups is 3. The number of rotatable bonds is 5. The van der Waals surface area contributed by atoms with Gasteiger partial charge in [0.1, 0.15) is 0 Å². The van der Waals surface area contributed by atoms with Crippen molar-refractivity contribution < 1.29 is 19.5 Å². The third kappa shape index (κ3) is 5.05. The number of carboxylic acids is 1. The van der Waals surface area contributed by atoms with Crippen LogP contribution in [0.5, 0.6) is 0 Å². The van der Waals surface area contributed by atoms with E-state index in [0.29, 0.717) is 18.7 Å². The number of hydrogen-bond acceptors (Lipinski definition) is 3. The Morgan fingerprint density at radius 1 is 1.20 bits per heavy atom. The minimum absolute atomic E-state index is 0.0440. The number of carboxylic acid groups (broad SMARTS) is 1. The van der Waals surface area contributed by atoms with Gasteiger partial charge in [-0.1, -0.05) is 17.2 Å². The fourth-order valence-corrected chi connectivity index (χ4v) is 3.33. The van der Waals surface area contributed by atoms with E-state index in [1.54, 1.807) is 11.9 Å². The lowest BCUT2D eigenvalue weighted by Gasteiger charge is -2.34. The molecule has 0 bridgehead atoms. The number of carbonyl (C=O) groups excluding carboxylic acids is 2. The van der Waals surface area contributed by atoms with Crippen LogP contribution in [0.25, 0.3) is 0 Å². The summed E-state index contributed by atoms with van der Waals surface area (Å²) in [5, 5.41) is 8.75. The van der Waals surface area contributed by atoms with Gasteiger partial charge in [-0.15, -0.1) is 0 Å². The molecule has 1 aliphatic heterocycles. The van der Waals surface area contributed by atoms with E-state index < -0.39 is 5.97 Å². The van der Waals surface area contributed by atoms with Crippen LogP contribution in [0.2, 0.25) is 0 Å². The van der Waals surface area contributed by atoms with E-state index >= 15 is 0 Å². The van der Waals surface area contributed by atoms with Crippen molar-refractivity contribution in [3.8, 4) is 0 Å². The molecule has 0 aromatic heterocycles. The molecule has 6 heteroatoms. The molecule has 136 valence electrons. The van der Waals surface area contributed by atoms with E-state index in [1.807, 2.05) is 32.0 Å². The number of aryl methyl sites for hydroxylation is 2.